The SMILES string of the molecule is CCCCCCCCc1ccc(O)c(Sc2cc(CCCCCCCC)ccc2O)c1.Cc1ccc(C(C)(C)C)c(O)c1.Cc1ccc(C(C)(C)C)c(O)c1. The molecule has 4 N–H and O–H groups in total. The van der Waals surface area contributed by atoms with Crippen molar-refractivity contribution >= 4 is 11.8 Å². The van der Waals surface area contributed by atoms with E-state index >= 15 is 0 Å². The lowest BCUT2D eigenvalue weighted by molar-refractivity contribution is 0.445. The summed E-state index contributed by atoms with van der Waals surface area (Å²) in [6.07, 6.45) is 17.5. The first kappa shape index (κ1) is 47.6. The van der Waals surface area contributed by atoms with E-state index in [1.807, 2.05) is 50.2 Å². The van der Waals surface area contributed by atoms with Gasteiger partial charge < -0.3 is 20.4 Å². The van der Waals surface area contributed by atoms with Gasteiger partial charge in [-0.05, 0) is 120 Å². The van der Waals surface area contributed by atoms with Gasteiger partial charge in [-0.15, -0.1) is 0 Å². The second kappa shape index (κ2) is 24.1. The van der Waals surface area contributed by atoms with Crippen LogP contribution in [0.3, 0.4) is 0 Å². The zero-order valence-electron chi connectivity index (χ0n) is 36.0. The molecule has 0 bridgehead atoms. The Balaban J connectivity index is 0.000000353. The number of hydrogen-bond acceptors (Lipinski definition) is 5. The first-order chi connectivity index (χ1) is 26.0. The largest absolute Gasteiger partial charge is 0.508 e. The third-order valence-corrected chi connectivity index (χ3v) is 10.9. The van der Waals surface area contributed by atoms with Crippen LogP contribution in [0.25, 0.3) is 0 Å². The van der Waals surface area contributed by atoms with Crippen LogP contribution in [0.1, 0.15) is 166 Å². The summed E-state index contributed by atoms with van der Waals surface area (Å²) in [6.45, 7) is 21.0. The van der Waals surface area contributed by atoms with E-state index in [1.165, 1.54) is 99.9 Å². The second-order valence-electron chi connectivity index (χ2n) is 17.3. The maximum Gasteiger partial charge on any atom is 0.129 e. The van der Waals surface area contributed by atoms with Gasteiger partial charge in [0.25, 0.3) is 0 Å². The normalized spacial score (nSPS) is 11.4. The predicted molar refractivity (Wildman–Crippen MR) is 238 cm³/mol. The molecule has 0 radical (unpaired) electrons. The van der Waals surface area contributed by atoms with E-state index in [0.717, 1.165) is 44.9 Å². The van der Waals surface area contributed by atoms with Gasteiger partial charge in [0.15, 0.2) is 0 Å². The number of hydrogen-bond donors (Lipinski definition) is 4. The molecule has 0 atom stereocenters. The predicted octanol–water partition coefficient (Wildman–Crippen LogP) is 15.1. The van der Waals surface area contributed by atoms with E-state index < -0.39 is 0 Å². The minimum atomic E-state index is 0.0256. The fraction of sp³-hybridized carbons (Fsp3) is 0.520. The maximum atomic E-state index is 10.4. The summed E-state index contributed by atoms with van der Waals surface area (Å²) >= 11 is 1.47. The topological polar surface area (TPSA) is 80.9 Å². The molecule has 304 valence electrons. The van der Waals surface area contributed by atoms with Gasteiger partial charge in [0, 0.05) is 0 Å². The molecular formula is C50H74O4S. The zero-order chi connectivity index (χ0) is 41.0. The minimum absolute atomic E-state index is 0.0256. The highest BCUT2D eigenvalue weighted by Crippen LogP contribution is 2.40. The summed E-state index contributed by atoms with van der Waals surface area (Å²) < 4.78 is 0. The summed E-state index contributed by atoms with van der Waals surface area (Å²) in [5, 5.41) is 40.0. The highest BCUT2D eigenvalue weighted by Gasteiger charge is 2.18. The minimum Gasteiger partial charge on any atom is -0.508 e. The van der Waals surface area contributed by atoms with Crippen LogP contribution in [-0.4, -0.2) is 20.4 Å². The summed E-state index contributed by atoms with van der Waals surface area (Å²) in [4.78, 5) is 1.66. The van der Waals surface area contributed by atoms with Gasteiger partial charge in [0.1, 0.15) is 23.0 Å². The molecule has 0 heterocycles. The van der Waals surface area contributed by atoms with Crippen LogP contribution in [0.15, 0.2) is 82.6 Å². The van der Waals surface area contributed by atoms with Crippen molar-refractivity contribution in [3.63, 3.8) is 0 Å². The number of aromatic hydroxyl groups is 4. The van der Waals surface area contributed by atoms with Crippen LogP contribution in [0, 0.1) is 13.8 Å². The van der Waals surface area contributed by atoms with Crippen LogP contribution in [-0.2, 0) is 23.7 Å². The smallest absolute Gasteiger partial charge is 0.129 e. The van der Waals surface area contributed by atoms with E-state index in [2.05, 4.69) is 67.5 Å². The number of unbranched alkanes of at least 4 members (excludes halogenated alkanes) is 10. The van der Waals surface area contributed by atoms with E-state index in [1.54, 1.807) is 24.3 Å². The molecule has 5 heteroatoms. The lowest BCUT2D eigenvalue weighted by Crippen LogP contribution is -2.11. The van der Waals surface area contributed by atoms with Gasteiger partial charge in [0.2, 0.25) is 0 Å². The number of aryl methyl sites for hydroxylation is 4. The van der Waals surface area contributed by atoms with E-state index in [0.29, 0.717) is 11.5 Å². The number of benzene rings is 4. The molecule has 55 heavy (non-hydrogen) atoms. The van der Waals surface area contributed by atoms with Crippen molar-refractivity contribution in [3.8, 4) is 23.0 Å². The molecule has 4 rings (SSSR count). The number of phenolic OH excluding ortho intramolecular Hbond substituents is 4. The van der Waals surface area contributed by atoms with Crippen molar-refractivity contribution in [2.45, 2.75) is 180 Å². The van der Waals surface area contributed by atoms with Gasteiger partial charge >= 0.3 is 0 Å². The first-order valence-corrected chi connectivity index (χ1v) is 21.7. The van der Waals surface area contributed by atoms with Crippen molar-refractivity contribution in [2.75, 3.05) is 0 Å². The molecule has 0 amide bonds. The third-order valence-electron chi connectivity index (χ3n) is 9.83. The Hall–Kier alpha value is -3.57. The first-order valence-electron chi connectivity index (χ1n) is 20.9. The van der Waals surface area contributed by atoms with Crippen LogP contribution < -0.4 is 0 Å². The van der Waals surface area contributed by atoms with E-state index in [9.17, 15) is 20.4 Å². The maximum absolute atomic E-state index is 10.4. The Bertz CT molecular complexity index is 1570. The molecule has 4 nitrogen and oxygen atoms in total. The quantitative estimate of drug-likeness (QED) is 0.0853. The molecule has 0 fully saturated rings. The van der Waals surface area contributed by atoms with E-state index in [-0.39, 0.29) is 22.3 Å². The standard InChI is InChI=1S/C28H42O2S.2C11H16O/c1-3-5-7-9-11-13-15-23-17-19-25(29)27(21-23)31-28-22-24(18-20-26(28)30)16-14-12-10-8-6-4-2;2*1-8-5-6-9(10(12)7-8)11(2,3)4/h17-22,29-30H,3-16H2,1-2H3;2*5-7,12H,1-4H3. The van der Waals surface area contributed by atoms with Crippen LogP contribution >= 0.6 is 11.8 Å². The monoisotopic (exact) mass is 771 g/mol. The zero-order valence-corrected chi connectivity index (χ0v) is 36.8. The Labute approximate surface area is 339 Å². The molecule has 4 aromatic carbocycles. The molecular weight excluding hydrogens is 697 g/mol. The van der Waals surface area contributed by atoms with Crippen molar-refractivity contribution in [2.24, 2.45) is 0 Å². The van der Waals surface area contributed by atoms with Crippen LogP contribution in [0.4, 0.5) is 0 Å². The lowest BCUT2D eigenvalue weighted by Gasteiger charge is -2.20. The van der Waals surface area contributed by atoms with Gasteiger partial charge in [-0.2, -0.15) is 0 Å². The second-order valence-corrected chi connectivity index (χ2v) is 18.4. The number of rotatable bonds is 16. The van der Waals surface area contributed by atoms with Crippen molar-refractivity contribution in [1.82, 2.24) is 0 Å². The highest BCUT2D eigenvalue weighted by atomic mass is 32.2. The Morgan fingerprint density at radius 3 is 1.09 bits per heavy atom. The average Bonchev–Trinajstić information content (AvgIpc) is 3.10. The summed E-state index contributed by atoms with van der Waals surface area (Å²) in [6, 6.07) is 23.5. The molecule has 0 saturated heterocycles. The molecule has 0 aromatic heterocycles. The summed E-state index contributed by atoms with van der Waals surface area (Å²) in [7, 11) is 0. The summed E-state index contributed by atoms with van der Waals surface area (Å²) in [5.41, 5.74) is 6.79. The summed E-state index contributed by atoms with van der Waals surface area (Å²) in [5.74, 6) is 1.39. The molecule has 0 saturated carbocycles. The molecule has 0 spiro atoms. The van der Waals surface area contributed by atoms with Gasteiger partial charge in [0.05, 0.1) is 9.79 Å². The fourth-order valence-electron chi connectivity index (χ4n) is 6.48. The molecule has 0 unspecified atom stereocenters. The molecule has 0 aliphatic carbocycles. The fourth-order valence-corrected chi connectivity index (χ4v) is 7.48. The van der Waals surface area contributed by atoms with Gasteiger partial charge in [-0.3, -0.25) is 0 Å². The molecule has 4 aromatic rings. The van der Waals surface area contributed by atoms with Gasteiger partial charge in [-0.25, -0.2) is 0 Å². The molecule has 0 aliphatic rings. The lowest BCUT2D eigenvalue weighted by atomic mass is 9.86. The van der Waals surface area contributed by atoms with E-state index in [4.69, 9.17) is 0 Å². The molecule has 0 aliphatic heterocycles. The van der Waals surface area contributed by atoms with Crippen LogP contribution in [0.2, 0.25) is 0 Å². The third kappa shape index (κ3) is 18.3. The van der Waals surface area contributed by atoms with Crippen molar-refractivity contribution in [3.05, 3.63) is 106 Å². The Morgan fingerprint density at radius 2 is 0.764 bits per heavy atom. The van der Waals surface area contributed by atoms with Crippen molar-refractivity contribution < 1.29 is 20.4 Å². The van der Waals surface area contributed by atoms with Gasteiger partial charge in [-0.1, -0.05) is 168 Å². The Kier molecular flexibility index (Phi) is 20.9. The van der Waals surface area contributed by atoms with Crippen LogP contribution in [0.5, 0.6) is 23.0 Å². The number of phenols is 4. The highest BCUT2D eigenvalue weighted by molar-refractivity contribution is 7.99. The Morgan fingerprint density at radius 1 is 0.418 bits per heavy atom. The average molecular weight is 771 g/mol. The van der Waals surface area contributed by atoms with Crippen molar-refractivity contribution in [1.29, 1.82) is 0 Å².